The van der Waals surface area contributed by atoms with Gasteiger partial charge in [0.15, 0.2) is 5.54 Å². The number of nitrogens with one attached hydrogen (secondary N) is 1. The van der Waals surface area contributed by atoms with Crippen molar-refractivity contribution in [2.24, 2.45) is 0 Å². The summed E-state index contributed by atoms with van der Waals surface area (Å²) in [5.74, 6) is -1.53. The topological polar surface area (TPSA) is 95.9 Å². The van der Waals surface area contributed by atoms with E-state index in [9.17, 15) is 19.5 Å². The minimum atomic E-state index is -1.60. The van der Waals surface area contributed by atoms with Crippen LogP contribution in [0, 0.1) is 0 Å². The summed E-state index contributed by atoms with van der Waals surface area (Å²) in [7, 11) is 1.43. The first-order valence-electron chi connectivity index (χ1n) is 10.8. The number of hydrogen-bond acceptors (Lipinski definition) is 4. The second-order valence-corrected chi connectivity index (χ2v) is 8.86. The van der Waals surface area contributed by atoms with E-state index in [0.29, 0.717) is 38.2 Å². The van der Waals surface area contributed by atoms with Crippen molar-refractivity contribution in [2.75, 3.05) is 12.0 Å². The van der Waals surface area contributed by atoms with Crippen LogP contribution in [0.1, 0.15) is 40.4 Å². The Hall–Kier alpha value is -3.55. The van der Waals surface area contributed by atoms with Gasteiger partial charge in [0.1, 0.15) is 5.75 Å². The number of aromatic carboxylic acids is 1. The molecule has 0 aliphatic carbocycles. The minimum Gasteiger partial charge on any atom is -0.496 e. The van der Waals surface area contributed by atoms with Crippen LogP contribution in [0.15, 0.2) is 60.7 Å². The molecule has 3 aromatic rings. The summed E-state index contributed by atoms with van der Waals surface area (Å²) in [6.45, 7) is 1.76. The molecule has 35 heavy (non-hydrogen) atoms. The summed E-state index contributed by atoms with van der Waals surface area (Å²) in [6, 6.07) is 16.3. The van der Waals surface area contributed by atoms with E-state index in [1.165, 1.54) is 24.1 Å². The van der Waals surface area contributed by atoms with Crippen LogP contribution in [-0.2, 0) is 21.7 Å². The lowest BCUT2D eigenvalue weighted by molar-refractivity contribution is -0.130. The molecule has 0 saturated carbocycles. The van der Waals surface area contributed by atoms with Gasteiger partial charge in [-0.15, -0.1) is 0 Å². The fraction of sp³-hybridized carbons (Fsp3) is 0.192. The van der Waals surface area contributed by atoms with Gasteiger partial charge in [-0.3, -0.25) is 9.59 Å². The van der Waals surface area contributed by atoms with Gasteiger partial charge in [0, 0.05) is 33.2 Å². The lowest BCUT2D eigenvalue weighted by Gasteiger charge is -2.31. The molecule has 3 aromatic carbocycles. The van der Waals surface area contributed by atoms with Crippen molar-refractivity contribution in [3.05, 3.63) is 93.0 Å². The van der Waals surface area contributed by atoms with E-state index in [1.807, 2.05) is 0 Å². The summed E-state index contributed by atoms with van der Waals surface area (Å²) >= 11 is 12.9. The SMILES string of the molecule is CCC(=O)NC1(c2ccccc2Cl)C(=O)N(Cc2ccc(C(=O)O)cc2OC)c2ccc(Cl)cc21. The van der Waals surface area contributed by atoms with Crippen molar-refractivity contribution >= 4 is 46.7 Å². The molecule has 2 N–H and O–H groups in total. The van der Waals surface area contributed by atoms with Gasteiger partial charge in [-0.2, -0.15) is 0 Å². The number of hydrogen-bond donors (Lipinski definition) is 2. The first kappa shape index (κ1) is 24.6. The van der Waals surface area contributed by atoms with Gasteiger partial charge in [-0.25, -0.2) is 4.79 Å². The number of fused-ring (bicyclic) bond motifs is 1. The molecule has 7 nitrogen and oxygen atoms in total. The predicted molar refractivity (Wildman–Crippen MR) is 133 cm³/mol. The zero-order valence-corrected chi connectivity index (χ0v) is 20.5. The third kappa shape index (κ3) is 4.22. The van der Waals surface area contributed by atoms with Gasteiger partial charge >= 0.3 is 5.97 Å². The van der Waals surface area contributed by atoms with Crippen molar-refractivity contribution in [2.45, 2.75) is 25.4 Å². The Labute approximate surface area is 212 Å². The first-order chi connectivity index (χ1) is 16.7. The number of amides is 2. The molecule has 0 saturated heterocycles. The predicted octanol–water partition coefficient (Wildman–Crippen LogP) is 5.02. The third-order valence-electron chi connectivity index (χ3n) is 6.01. The van der Waals surface area contributed by atoms with E-state index in [4.69, 9.17) is 27.9 Å². The second kappa shape index (κ2) is 9.60. The van der Waals surface area contributed by atoms with Gasteiger partial charge in [0.2, 0.25) is 5.91 Å². The van der Waals surface area contributed by atoms with E-state index in [2.05, 4.69) is 5.32 Å². The smallest absolute Gasteiger partial charge is 0.335 e. The van der Waals surface area contributed by atoms with Gasteiger partial charge in [-0.05, 0) is 36.4 Å². The van der Waals surface area contributed by atoms with Crippen LogP contribution >= 0.6 is 23.2 Å². The standard InChI is InChI=1S/C26H22Cl2N2O5/c1-3-23(31)29-26(18-6-4-5-7-20(18)28)19-13-17(27)10-11-21(19)30(25(26)34)14-16-9-8-15(24(32)33)12-22(16)35-2/h4-13H,3,14H2,1-2H3,(H,29,31)(H,32,33). The van der Waals surface area contributed by atoms with Crippen LogP contribution in [0.4, 0.5) is 5.69 Å². The maximum absolute atomic E-state index is 14.3. The van der Waals surface area contributed by atoms with E-state index in [1.54, 1.807) is 55.5 Å². The minimum absolute atomic E-state index is 0.0603. The number of rotatable bonds is 7. The number of nitrogens with zero attached hydrogens (tertiary/aromatic N) is 1. The highest BCUT2D eigenvalue weighted by Crippen LogP contribution is 2.48. The molecule has 0 fully saturated rings. The number of carboxylic acid groups (broad SMARTS) is 1. The highest BCUT2D eigenvalue weighted by atomic mass is 35.5. The van der Waals surface area contributed by atoms with Crippen LogP contribution < -0.4 is 15.0 Å². The molecule has 1 unspecified atom stereocenters. The highest BCUT2D eigenvalue weighted by molar-refractivity contribution is 6.33. The lowest BCUT2D eigenvalue weighted by atomic mass is 9.83. The average molecular weight is 513 g/mol. The molecule has 180 valence electrons. The Morgan fingerprint density at radius 2 is 1.80 bits per heavy atom. The number of anilines is 1. The van der Waals surface area contributed by atoms with Crippen molar-refractivity contribution < 1.29 is 24.2 Å². The molecule has 0 spiro atoms. The molecule has 1 aliphatic rings. The lowest BCUT2D eigenvalue weighted by Crippen LogP contribution is -2.53. The number of methoxy groups -OCH3 is 1. The average Bonchev–Trinajstić information content (AvgIpc) is 3.06. The Balaban J connectivity index is 1.91. The quantitative estimate of drug-likeness (QED) is 0.463. The van der Waals surface area contributed by atoms with Gasteiger partial charge in [-0.1, -0.05) is 54.4 Å². The van der Waals surface area contributed by atoms with Crippen LogP contribution in [0.3, 0.4) is 0 Å². The van der Waals surface area contributed by atoms with Gasteiger partial charge in [0.05, 0.1) is 24.9 Å². The largest absolute Gasteiger partial charge is 0.496 e. The molecule has 9 heteroatoms. The zero-order chi connectivity index (χ0) is 25.3. The highest BCUT2D eigenvalue weighted by Gasteiger charge is 2.54. The van der Waals surface area contributed by atoms with E-state index in [0.717, 1.165) is 0 Å². The Morgan fingerprint density at radius 1 is 1.06 bits per heavy atom. The molecule has 4 rings (SSSR count). The fourth-order valence-corrected chi connectivity index (χ4v) is 4.77. The summed E-state index contributed by atoms with van der Waals surface area (Å²) in [5.41, 5.74) is 0.508. The molecule has 1 atom stereocenters. The molecule has 1 heterocycles. The molecular formula is C26H22Cl2N2O5. The van der Waals surface area contributed by atoms with Gasteiger partial charge in [0.25, 0.3) is 5.91 Å². The Morgan fingerprint density at radius 3 is 2.46 bits per heavy atom. The van der Waals surface area contributed by atoms with Crippen LogP contribution in [0.5, 0.6) is 5.75 Å². The van der Waals surface area contributed by atoms with Crippen LogP contribution in [0.25, 0.3) is 0 Å². The molecule has 0 bridgehead atoms. The molecule has 0 aromatic heterocycles. The Kier molecular flexibility index (Phi) is 6.74. The van der Waals surface area contributed by atoms with Gasteiger partial charge < -0.3 is 20.1 Å². The number of carboxylic acids is 1. The molecule has 2 amide bonds. The molecule has 0 radical (unpaired) electrons. The summed E-state index contributed by atoms with van der Waals surface area (Å²) in [5, 5.41) is 12.9. The third-order valence-corrected chi connectivity index (χ3v) is 6.57. The van der Waals surface area contributed by atoms with Crippen LogP contribution in [0.2, 0.25) is 10.0 Å². The van der Waals surface area contributed by atoms with E-state index >= 15 is 0 Å². The molecule has 1 aliphatic heterocycles. The van der Waals surface area contributed by atoms with E-state index in [-0.39, 0.29) is 24.4 Å². The maximum Gasteiger partial charge on any atom is 0.335 e. The summed E-state index contributed by atoms with van der Waals surface area (Å²) < 4.78 is 5.41. The van der Waals surface area contributed by atoms with Crippen molar-refractivity contribution in [1.29, 1.82) is 0 Å². The molecular weight excluding hydrogens is 491 g/mol. The number of ether oxygens (including phenoxy) is 1. The zero-order valence-electron chi connectivity index (χ0n) is 19.0. The normalized spacial score (nSPS) is 16.7. The summed E-state index contributed by atoms with van der Waals surface area (Å²) in [6.07, 6.45) is 0.153. The fourth-order valence-electron chi connectivity index (χ4n) is 4.32. The second-order valence-electron chi connectivity index (χ2n) is 8.02. The number of halogens is 2. The number of carbonyl (C=O) groups is 3. The van der Waals surface area contributed by atoms with Crippen molar-refractivity contribution in [1.82, 2.24) is 5.32 Å². The summed E-state index contributed by atoms with van der Waals surface area (Å²) in [4.78, 5) is 39.9. The van der Waals surface area contributed by atoms with Crippen molar-refractivity contribution in [3.63, 3.8) is 0 Å². The Bertz CT molecular complexity index is 1340. The number of carbonyl (C=O) groups excluding carboxylic acids is 2. The van der Waals surface area contributed by atoms with Crippen molar-refractivity contribution in [3.8, 4) is 5.75 Å². The monoisotopic (exact) mass is 512 g/mol. The van der Waals surface area contributed by atoms with Crippen LogP contribution in [-0.4, -0.2) is 30.0 Å². The first-order valence-corrected chi connectivity index (χ1v) is 11.6. The van der Waals surface area contributed by atoms with E-state index < -0.39 is 17.4 Å². The number of benzene rings is 3. The maximum atomic E-state index is 14.3.